The summed E-state index contributed by atoms with van der Waals surface area (Å²) in [6.07, 6.45) is 3.22. The number of hydrogen-bond donors (Lipinski definition) is 2. The highest BCUT2D eigenvalue weighted by Gasteiger charge is 2.19. The topological polar surface area (TPSA) is 70.4 Å². The molecule has 0 aliphatic heterocycles. The third-order valence-electron chi connectivity index (χ3n) is 3.19. The Labute approximate surface area is 134 Å². The number of hydrogen-bond acceptors (Lipinski definition) is 5. The zero-order chi connectivity index (χ0) is 16.0. The number of likely N-dealkylation sites (N-methyl/N-ethyl adjacent to an activating group) is 1. The minimum atomic E-state index is -0.798. The number of aromatic nitrogens is 2. The number of anilines is 1. The lowest BCUT2D eigenvalue weighted by Gasteiger charge is -2.23. The smallest absolute Gasteiger partial charge is 0.283 e. The number of nitrogens with one attached hydrogen (secondary N) is 1. The zero-order valence-electron chi connectivity index (χ0n) is 13.2. The molecule has 2 N–H and O–H groups in total. The van der Waals surface area contributed by atoms with Crippen molar-refractivity contribution < 1.29 is 5.11 Å². The van der Waals surface area contributed by atoms with E-state index < -0.39 is 5.60 Å². The van der Waals surface area contributed by atoms with Crippen LogP contribution in [-0.2, 0) is 6.54 Å². The van der Waals surface area contributed by atoms with E-state index in [1.165, 1.54) is 4.68 Å². The van der Waals surface area contributed by atoms with Crippen LogP contribution in [0.25, 0.3) is 0 Å². The van der Waals surface area contributed by atoms with Crippen LogP contribution in [0.2, 0.25) is 0 Å². The Balaban J connectivity index is 2.78. The summed E-state index contributed by atoms with van der Waals surface area (Å²) >= 11 is 3.31. The number of halogens is 1. The summed E-state index contributed by atoms with van der Waals surface area (Å²) in [6, 6.07) is 0. The Bertz CT molecular complexity index is 514. The van der Waals surface area contributed by atoms with E-state index in [9.17, 15) is 9.90 Å². The first-order valence-corrected chi connectivity index (χ1v) is 7.92. The number of rotatable bonds is 8. The standard InChI is InChI=1S/C14H25BrN4O2/c1-5-6-14(2,21)10-16-11-9-17-19(8-7-18(3)4)13(20)12(11)15/h9,16,21H,5-8,10H2,1-4H3. The van der Waals surface area contributed by atoms with Crippen LogP contribution in [0.4, 0.5) is 5.69 Å². The van der Waals surface area contributed by atoms with Gasteiger partial charge in [0.1, 0.15) is 4.47 Å². The second kappa shape index (κ2) is 7.91. The lowest BCUT2D eigenvalue weighted by Crippen LogP contribution is -2.34. The van der Waals surface area contributed by atoms with E-state index in [0.29, 0.717) is 29.7 Å². The predicted molar refractivity (Wildman–Crippen MR) is 88.8 cm³/mol. The monoisotopic (exact) mass is 360 g/mol. The molecule has 1 heterocycles. The second-order valence-corrected chi connectivity index (χ2v) is 6.60. The molecule has 0 aromatic carbocycles. The molecule has 0 spiro atoms. The van der Waals surface area contributed by atoms with Gasteiger partial charge in [0.05, 0.1) is 24.0 Å². The maximum atomic E-state index is 12.2. The Kier molecular flexibility index (Phi) is 6.83. The summed E-state index contributed by atoms with van der Waals surface area (Å²) in [5, 5.41) is 17.4. The van der Waals surface area contributed by atoms with Crippen molar-refractivity contribution in [2.24, 2.45) is 0 Å². The molecule has 1 rings (SSSR count). The average molecular weight is 361 g/mol. The molecule has 120 valence electrons. The van der Waals surface area contributed by atoms with Crippen LogP contribution in [0.1, 0.15) is 26.7 Å². The van der Waals surface area contributed by atoms with Crippen LogP contribution in [0.5, 0.6) is 0 Å². The molecular weight excluding hydrogens is 336 g/mol. The summed E-state index contributed by atoms with van der Waals surface area (Å²) < 4.78 is 1.88. The summed E-state index contributed by atoms with van der Waals surface area (Å²) in [4.78, 5) is 14.2. The highest BCUT2D eigenvalue weighted by Crippen LogP contribution is 2.19. The first-order chi connectivity index (χ1) is 9.76. The summed E-state index contributed by atoms with van der Waals surface area (Å²) in [5.41, 5.74) is -0.358. The summed E-state index contributed by atoms with van der Waals surface area (Å²) in [7, 11) is 3.90. The van der Waals surface area contributed by atoms with Crippen LogP contribution in [-0.4, -0.2) is 52.6 Å². The van der Waals surface area contributed by atoms with Gasteiger partial charge in [-0.05, 0) is 43.4 Å². The number of nitrogens with zero attached hydrogens (tertiary/aromatic N) is 3. The molecule has 0 aliphatic carbocycles. The lowest BCUT2D eigenvalue weighted by molar-refractivity contribution is 0.0636. The Morgan fingerprint density at radius 1 is 1.52 bits per heavy atom. The lowest BCUT2D eigenvalue weighted by atomic mass is 10.0. The van der Waals surface area contributed by atoms with Crippen LogP contribution >= 0.6 is 15.9 Å². The van der Waals surface area contributed by atoms with Gasteiger partial charge in [-0.15, -0.1) is 0 Å². The van der Waals surface area contributed by atoms with Gasteiger partial charge in [-0.25, -0.2) is 4.68 Å². The van der Waals surface area contributed by atoms with Gasteiger partial charge < -0.3 is 15.3 Å². The van der Waals surface area contributed by atoms with Crippen molar-refractivity contribution in [2.75, 3.05) is 32.5 Å². The van der Waals surface area contributed by atoms with Crippen molar-refractivity contribution in [3.63, 3.8) is 0 Å². The Morgan fingerprint density at radius 3 is 2.76 bits per heavy atom. The van der Waals surface area contributed by atoms with Crippen molar-refractivity contribution >= 4 is 21.6 Å². The molecule has 1 aromatic rings. The fraction of sp³-hybridized carbons (Fsp3) is 0.714. The maximum Gasteiger partial charge on any atom is 0.283 e. The fourth-order valence-corrected chi connectivity index (χ4v) is 2.40. The third kappa shape index (κ3) is 5.76. The first kappa shape index (κ1) is 18.1. The Hall–Kier alpha value is -0.920. The first-order valence-electron chi connectivity index (χ1n) is 7.13. The van der Waals surface area contributed by atoms with E-state index >= 15 is 0 Å². The van der Waals surface area contributed by atoms with Crippen molar-refractivity contribution in [3.05, 3.63) is 21.0 Å². The highest BCUT2D eigenvalue weighted by atomic mass is 79.9. The van der Waals surface area contributed by atoms with E-state index in [-0.39, 0.29) is 5.56 Å². The zero-order valence-corrected chi connectivity index (χ0v) is 14.8. The molecule has 6 nitrogen and oxygen atoms in total. The summed E-state index contributed by atoms with van der Waals surface area (Å²) in [5.74, 6) is 0. The molecule has 21 heavy (non-hydrogen) atoms. The van der Waals surface area contributed by atoms with Crippen molar-refractivity contribution in [1.29, 1.82) is 0 Å². The minimum Gasteiger partial charge on any atom is -0.388 e. The van der Waals surface area contributed by atoms with E-state index in [2.05, 4.69) is 26.3 Å². The number of aliphatic hydroxyl groups is 1. The molecule has 7 heteroatoms. The molecule has 1 unspecified atom stereocenters. The maximum absolute atomic E-state index is 12.2. The predicted octanol–water partition coefficient (Wildman–Crippen LogP) is 1.53. The van der Waals surface area contributed by atoms with Crippen LogP contribution < -0.4 is 10.9 Å². The van der Waals surface area contributed by atoms with Gasteiger partial charge in [-0.3, -0.25) is 4.79 Å². The largest absolute Gasteiger partial charge is 0.388 e. The van der Waals surface area contributed by atoms with Crippen LogP contribution in [0, 0.1) is 0 Å². The van der Waals surface area contributed by atoms with Crippen LogP contribution in [0.15, 0.2) is 15.5 Å². The van der Waals surface area contributed by atoms with Gasteiger partial charge >= 0.3 is 0 Å². The van der Waals surface area contributed by atoms with E-state index in [4.69, 9.17) is 0 Å². The second-order valence-electron chi connectivity index (χ2n) is 5.80. The molecule has 1 aromatic heterocycles. The average Bonchev–Trinajstić information content (AvgIpc) is 2.39. The third-order valence-corrected chi connectivity index (χ3v) is 3.96. The van der Waals surface area contributed by atoms with Crippen molar-refractivity contribution in [1.82, 2.24) is 14.7 Å². The van der Waals surface area contributed by atoms with Gasteiger partial charge in [0, 0.05) is 13.1 Å². The molecule has 0 aliphatic rings. The van der Waals surface area contributed by atoms with Crippen molar-refractivity contribution in [2.45, 2.75) is 38.8 Å². The van der Waals surface area contributed by atoms with E-state index in [1.807, 2.05) is 25.9 Å². The van der Waals surface area contributed by atoms with Gasteiger partial charge in [0.15, 0.2) is 0 Å². The van der Waals surface area contributed by atoms with Gasteiger partial charge in [0.25, 0.3) is 5.56 Å². The molecule has 1 atom stereocenters. The molecular formula is C14H25BrN4O2. The SMILES string of the molecule is CCCC(C)(O)CNc1cnn(CCN(C)C)c(=O)c1Br. The van der Waals surface area contributed by atoms with E-state index in [1.54, 1.807) is 13.1 Å². The van der Waals surface area contributed by atoms with Gasteiger partial charge in [-0.2, -0.15) is 5.10 Å². The molecule has 0 bridgehead atoms. The van der Waals surface area contributed by atoms with E-state index in [0.717, 1.165) is 13.0 Å². The van der Waals surface area contributed by atoms with Gasteiger partial charge in [-0.1, -0.05) is 13.3 Å². The minimum absolute atomic E-state index is 0.169. The molecule has 0 fully saturated rings. The quantitative estimate of drug-likeness (QED) is 0.735. The molecule has 0 radical (unpaired) electrons. The molecule has 0 saturated heterocycles. The molecule has 0 amide bonds. The van der Waals surface area contributed by atoms with Gasteiger partial charge in [0.2, 0.25) is 0 Å². The van der Waals surface area contributed by atoms with Crippen molar-refractivity contribution in [3.8, 4) is 0 Å². The molecule has 0 saturated carbocycles. The van der Waals surface area contributed by atoms with Crippen LogP contribution in [0.3, 0.4) is 0 Å². The Morgan fingerprint density at radius 2 is 2.19 bits per heavy atom. The fourth-order valence-electron chi connectivity index (χ4n) is 1.95. The summed E-state index contributed by atoms with van der Waals surface area (Å²) in [6.45, 7) is 5.47. The highest BCUT2D eigenvalue weighted by molar-refractivity contribution is 9.10. The normalized spacial score (nSPS) is 14.2.